The highest BCUT2D eigenvalue weighted by Gasteiger charge is 2.28. The third kappa shape index (κ3) is 2.47. The highest BCUT2D eigenvalue weighted by molar-refractivity contribution is 5.80. The molecule has 2 rings (SSSR count). The maximum atomic E-state index is 12.1. The molecule has 0 radical (unpaired) electrons. The van der Waals surface area contributed by atoms with Crippen molar-refractivity contribution in [2.24, 2.45) is 5.92 Å². The number of nitriles is 1. The number of hydrogen-bond donors (Lipinski definition) is 0. The van der Waals surface area contributed by atoms with Crippen LogP contribution in [0.3, 0.4) is 0 Å². The highest BCUT2D eigenvalue weighted by atomic mass is 16.2. The molecule has 0 atom stereocenters. The van der Waals surface area contributed by atoms with Crippen LogP contribution in [0.2, 0.25) is 0 Å². The lowest BCUT2D eigenvalue weighted by molar-refractivity contribution is -0.133. The monoisotopic (exact) mass is 228 g/mol. The summed E-state index contributed by atoms with van der Waals surface area (Å²) >= 11 is 0. The molecule has 1 aromatic carbocycles. The second-order valence-electron chi connectivity index (χ2n) is 4.54. The molecule has 1 aromatic rings. The Kier molecular flexibility index (Phi) is 3.43. The van der Waals surface area contributed by atoms with E-state index in [1.165, 1.54) is 11.1 Å². The van der Waals surface area contributed by atoms with Crippen LogP contribution in [0.15, 0.2) is 24.3 Å². The van der Waals surface area contributed by atoms with Crippen LogP contribution in [0.25, 0.3) is 0 Å². The van der Waals surface area contributed by atoms with Crippen molar-refractivity contribution in [3.8, 4) is 6.07 Å². The summed E-state index contributed by atoms with van der Waals surface area (Å²) < 4.78 is 0. The fraction of sp³-hybridized carbons (Fsp3) is 0.429. The van der Waals surface area contributed by atoms with Gasteiger partial charge in [0.05, 0.1) is 12.5 Å². The summed E-state index contributed by atoms with van der Waals surface area (Å²) in [6, 6.07) is 10.3. The molecule has 0 aromatic heterocycles. The van der Waals surface area contributed by atoms with Crippen LogP contribution < -0.4 is 0 Å². The van der Waals surface area contributed by atoms with E-state index in [0.717, 1.165) is 12.8 Å². The van der Waals surface area contributed by atoms with Crippen molar-refractivity contribution >= 4 is 5.91 Å². The molecule has 0 saturated carbocycles. The Morgan fingerprint density at radius 3 is 2.53 bits per heavy atom. The summed E-state index contributed by atoms with van der Waals surface area (Å²) in [5.41, 5.74) is 2.58. The van der Waals surface area contributed by atoms with Gasteiger partial charge in [0.2, 0.25) is 5.91 Å². The minimum Gasteiger partial charge on any atom is -0.344 e. The minimum absolute atomic E-state index is 0.0658. The average molecular weight is 228 g/mol. The number of fused-ring (bicyclic) bond motifs is 1. The molecule has 0 fully saturated rings. The molecular formula is C14H16N2O. The van der Waals surface area contributed by atoms with Gasteiger partial charge in [0.15, 0.2) is 0 Å². The summed E-state index contributed by atoms with van der Waals surface area (Å²) in [5, 5.41) is 8.52. The highest BCUT2D eigenvalue weighted by Crippen LogP contribution is 2.27. The van der Waals surface area contributed by atoms with Crippen LogP contribution in [0.5, 0.6) is 0 Å². The molecule has 1 aliphatic carbocycles. The third-order valence-electron chi connectivity index (χ3n) is 3.34. The van der Waals surface area contributed by atoms with Gasteiger partial charge in [0.25, 0.3) is 0 Å². The SMILES string of the molecule is CN(CCC#N)C(=O)C1Cc2ccccc2C1. The molecule has 3 nitrogen and oxygen atoms in total. The lowest BCUT2D eigenvalue weighted by Gasteiger charge is -2.19. The Labute approximate surface area is 102 Å². The molecule has 88 valence electrons. The van der Waals surface area contributed by atoms with E-state index in [9.17, 15) is 4.79 Å². The van der Waals surface area contributed by atoms with E-state index >= 15 is 0 Å². The van der Waals surface area contributed by atoms with Crippen molar-refractivity contribution in [1.29, 1.82) is 5.26 Å². The summed E-state index contributed by atoms with van der Waals surface area (Å²) in [6.45, 7) is 0.530. The Morgan fingerprint density at radius 2 is 2.00 bits per heavy atom. The van der Waals surface area contributed by atoms with Crippen molar-refractivity contribution in [2.75, 3.05) is 13.6 Å². The van der Waals surface area contributed by atoms with Crippen LogP contribution in [-0.4, -0.2) is 24.4 Å². The number of benzene rings is 1. The molecule has 0 heterocycles. The Bertz CT molecular complexity index is 437. The van der Waals surface area contributed by atoms with E-state index in [4.69, 9.17) is 5.26 Å². The fourth-order valence-electron chi connectivity index (χ4n) is 2.37. The average Bonchev–Trinajstić information content (AvgIpc) is 2.78. The number of hydrogen-bond acceptors (Lipinski definition) is 2. The van der Waals surface area contributed by atoms with Crippen LogP contribution in [-0.2, 0) is 17.6 Å². The lowest BCUT2D eigenvalue weighted by atomic mass is 10.1. The Balaban J connectivity index is 1.99. The van der Waals surface area contributed by atoms with Crippen molar-refractivity contribution in [3.05, 3.63) is 35.4 Å². The van der Waals surface area contributed by atoms with Crippen molar-refractivity contribution in [3.63, 3.8) is 0 Å². The molecule has 3 heteroatoms. The molecule has 1 aliphatic rings. The number of carbonyl (C=O) groups excluding carboxylic acids is 1. The van der Waals surface area contributed by atoms with Gasteiger partial charge in [-0.05, 0) is 24.0 Å². The third-order valence-corrected chi connectivity index (χ3v) is 3.34. The fourth-order valence-corrected chi connectivity index (χ4v) is 2.37. The zero-order chi connectivity index (χ0) is 12.3. The van der Waals surface area contributed by atoms with E-state index in [1.54, 1.807) is 11.9 Å². The molecule has 17 heavy (non-hydrogen) atoms. The summed E-state index contributed by atoms with van der Waals surface area (Å²) in [5.74, 6) is 0.229. The summed E-state index contributed by atoms with van der Waals surface area (Å²) in [7, 11) is 1.78. The zero-order valence-corrected chi connectivity index (χ0v) is 10.0. The Morgan fingerprint density at radius 1 is 1.41 bits per heavy atom. The van der Waals surface area contributed by atoms with Crippen molar-refractivity contribution in [1.82, 2.24) is 4.90 Å². The van der Waals surface area contributed by atoms with Crippen molar-refractivity contribution in [2.45, 2.75) is 19.3 Å². The molecule has 0 aliphatic heterocycles. The summed E-state index contributed by atoms with van der Waals surface area (Å²) in [6.07, 6.45) is 2.08. The molecule has 0 saturated heterocycles. The molecule has 0 N–H and O–H groups in total. The molecule has 1 amide bonds. The van der Waals surface area contributed by atoms with Gasteiger partial charge in [-0.1, -0.05) is 24.3 Å². The van der Waals surface area contributed by atoms with Gasteiger partial charge in [0.1, 0.15) is 0 Å². The summed E-state index contributed by atoms with van der Waals surface area (Å²) in [4.78, 5) is 13.8. The van der Waals surface area contributed by atoms with E-state index in [2.05, 4.69) is 18.2 Å². The van der Waals surface area contributed by atoms with Crippen LogP contribution in [0.4, 0.5) is 0 Å². The first kappa shape index (κ1) is 11.7. The van der Waals surface area contributed by atoms with E-state index in [-0.39, 0.29) is 11.8 Å². The molecule has 0 unspecified atom stereocenters. The van der Waals surface area contributed by atoms with Gasteiger partial charge in [0, 0.05) is 19.5 Å². The first-order valence-corrected chi connectivity index (χ1v) is 5.91. The van der Waals surface area contributed by atoms with E-state index in [0.29, 0.717) is 13.0 Å². The normalized spacial score (nSPS) is 14.1. The predicted octanol–water partition coefficient (Wildman–Crippen LogP) is 1.77. The standard InChI is InChI=1S/C14H16N2O/c1-16(8-4-7-15)14(17)13-9-11-5-2-3-6-12(11)10-13/h2-3,5-6,13H,4,8-10H2,1H3. The zero-order valence-electron chi connectivity index (χ0n) is 10.0. The molecule has 0 bridgehead atoms. The van der Waals surface area contributed by atoms with Gasteiger partial charge in [-0.2, -0.15) is 5.26 Å². The van der Waals surface area contributed by atoms with Crippen LogP contribution in [0.1, 0.15) is 17.5 Å². The molecule has 0 spiro atoms. The molecular weight excluding hydrogens is 212 g/mol. The van der Waals surface area contributed by atoms with Crippen LogP contribution in [0, 0.1) is 17.2 Å². The Hall–Kier alpha value is -1.82. The second kappa shape index (κ2) is 5.01. The maximum absolute atomic E-state index is 12.1. The second-order valence-corrected chi connectivity index (χ2v) is 4.54. The number of nitrogens with zero attached hydrogens (tertiary/aromatic N) is 2. The number of rotatable bonds is 3. The minimum atomic E-state index is 0.0658. The van der Waals surface area contributed by atoms with E-state index in [1.807, 2.05) is 12.1 Å². The lowest BCUT2D eigenvalue weighted by Crippen LogP contribution is -2.33. The number of amides is 1. The van der Waals surface area contributed by atoms with Gasteiger partial charge >= 0.3 is 0 Å². The van der Waals surface area contributed by atoms with Gasteiger partial charge in [-0.25, -0.2) is 0 Å². The van der Waals surface area contributed by atoms with Crippen LogP contribution >= 0.6 is 0 Å². The predicted molar refractivity (Wildman–Crippen MR) is 65.2 cm³/mol. The number of carbonyl (C=O) groups is 1. The smallest absolute Gasteiger partial charge is 0.226 e. The van der Waals surface area contributed by atoms with E-state index < -0.39 is 0 Å². The maximum Gasteiger partial charge on any atom is 0.226 e. The van der Waals surface area contributed by atoms with Gasteiger partial charge < -0.3 is 4.90 Å². The largest absolute Gasteiger partial charge is 0.344 e. The van der Waals surface area contributed by atoms with Gasteiger partial charge in [-0.3, -0.25) is 4.79 Å². The van der Waals surface area contributed by atoms with Crippen molar-refractivity contribution < 1.29 is 4.79 Å². The quantitative estimate of drug-likeness (QED) is 0.791. The topological polar surface area (TPSA) is 44.1 Å². The van der Waals surface area contributed by atoms with Gasteiger partial charge in [-0.15, -0.1) is 0 Å². The first-order chi connectivity index (χ1) is 8.22. The first-order valence-electron chi connectivity index (χ1n) is 5.91.